The van der Waals surface area contributed by atoms with E-state index in [9.17, 15) is 9.59 Å². The molecule has 1 atom stereocenters. The van der Waals surface area contributed by atoms with Crippen LogP contribution >= 0.6 is 11.6 Å². The molecule has 0 radical (unpaired) electrons. The maximum absolute atomic E-state index is 13.1. The number of nitrogens with zero attached hydrogens (tertiary/aromatic N) is 1. The van der Waals surface area contributed by atoms with Gasteiger partial charge in [0.1, 0.15) is 11.8 Å². The van der Waals surface area contributed by atoms with Crippen LogP contribution in [0.2, 0.25) is 5.02 Å². The van der Waals surface area contributed by atoms with Crippen molar-refractivity contribution in [2.45, 2.75) is 52.6 Å². The number of halogens is 1. The Bertz CT molecular complexity index is 823. The number of amides is 2. The number of carbonyl (C=O) groups is 2. The van der Waals surface area contributed by atoms with E-state index in [1.807, 2.05) is 56.3 Å². The first-order valence-electron chi connectivity index (χ1n) is 10.5. The van der Waals surface area contributed by atoms with Gasteiger partial charge in [0.05, 0.1) is 0 Å². The molecular formula is C24H31ClN2O3. The lowest BCUT2D eigenvalue weighted by Gasteiger charge is -2.30. The van der Waals surface area contributed by atoms with E-state index in [1.165, 1.54) is 0 Å². The Labute approximate surface area is 184 Å². The van der Waals surface area contributed by atoms with Crippen LogP contribution in [-0.4, -0.2) is 35.9 Å². The van der Waals surface area contributed by atoms with Crippen molar-refractivity contribution < 1.29 is 14.3 Å². The van der Waals surface area contributed by atoms with Crippen LogP contribution < -0.4 is 10.1 Å². The largest absolute Gasteiger partial charge is 0.484 e. The molecule has 2 aromatic rings. The van der Waals surface area contributed by atoms with Crippen molar-refractivity contribution in [2.24, 2.45) is 0 Å². The summed E-state index contributed by atoms with van der Waals surface area (Å²) in [6, 6.07) is 14.3. The molecule has 0 bridgehead atoms. The number of hydrogen-bond donors (Lipinski definition) is 1. The zero-order chi connectivity index (χ0) is 21.9. The fourth-order valence-corrected chi connectivity index (χ4v) is 3.29. The van der Waals surface area contributed by atoms with Crippen LogP contribution in [0.5, 0.6) is 5.75 Å². The normalized spacial score (nSPS) is 11.6. The van der Waals surface area contributed by atoms with Crippen LogP contribution in [0.15, 0.2) is 48.5 Å². The van der Waals surface area contributed by atoms with E-state index in [-0.39, 0.29) is 25.0 Å². The van der Waals surface area contributed by atoms with Crippen LogP contribution in [0.3, 0.4) is 0 Å². The average molecular weight is 431 g/mol. The van der Waals surface area contributed by atoms with Gasteiger partial charge in [-0.1, -0.05) is 67.8 Å². The summed E-state index contributed by atoms with van der Waals surface area (Å²) < 4.78 is 5.69. The molecule has 0 saturated heterocycles. The summed E-state index contributed by atoms with van der Waals surface area (Å²) in [6.45, 7) is 6.65. The molecule has 0 fully saturated rings. The van der Waals surface area contributed by atoms with Crippen LogP contribution in [0.1, 0.15) is 44.2 Å². The molecule has 2 amide bonds. The Morgan fingerprint density at radius 1 is 1.10 bits per heavy atom. The summed E-state index contributed by atoms with van der Waals surface area (Å²) >= 11 is 6.32. The van der Waals surface area contributed by atoms with Crippen molar-refractivity contribution >= 4 is 23.4 Å². The molecular weight excluding hydrogens is 400 g/mol. The summed E-state index contributed by atoms with van der Waals surface area (Å²) in [7, 11) is 0. The highest BCUT2D eigenvalue weighted by atomic mass is 35.5. The van der Waals surface area contributed by atoms with Gasteiger partial charge in [-0.2, -0.15) is 0 Å². The predicted octanol–water partition coefficient (Wildman–Crippen LogP) is 4.75. The first kappa shape index (κ1) is 23.7. The Morgan fingerprint density at radius 2 is 1.80 bits per heavy atom. The molecule has 1 unspecified atom stereocenters. The molecule has 0 aliphatic heterocycles. The van der Waals surface area contributed by atoms with Crippen molar-refractivity contribution in [3.05, 3.63) is 64.7 Å². The zero-order valence-corrected chi connectivity index (χ0v) is 18.7. The standard InChI is InChI=1S/C24H31ClN2O3/c1-4-6-15-26-24(29)22(5-2)27(16-19-9-7-8-10-21(19)25)23(28)17-30-20-13-11-18(3)12-14-20/h7-14,22H,4-6,15-17H2,1-3H3,(H,26,29). The molecule has 0 aromatic heterocycles. The lowest BCUT2D eigenvalue weighted by molar-refractivity contribution is -0.143. The summed E-state index contributed by atoms with van der Waals surface area (Å²) in [5, 5.41) is 3.51. The fourth-order valence-electron chi connectivity index (χ4n) is 3.10. The Kier molecular flexibility index (Phi) is 9.68. The lowest BCUT2D eigenvalue weighted by atomic mass is 10.1. The minimum absolute atomic E-state index is 0.147. The van der Waals surface area contributed by atoms with Gasteiger partial charge in [-0.3, -0.25) is 9.59 Å². The first-order valence-corrected chi connectivity index (χ1v) is 10.8. The number of aryl methyl sites for hydroxylation is 1. The molecule has 6 heteroatoms. The van der Waals surface area contributed by atoms with Crippen LogP contribution in [-0.2, 0) is 16.1 Å². The maximum atomic E-state index is 13.1. The highest BCUT2D eigenvalue weighted by Gasteiger charge is 2.29. The number of ether oxygens (including phenoxy) is 1. The van der Waals surface area contributed by atoms with E-state index in [4.69, 9.17) is 16.3 Å². The van der Waals surface area contributed by atoms with Gasteiger partial charge < -0.3 is 15.0 Å². The number of benzene rings is 2. The molecule has 0 spiro atoms. The van der Waals surface area contributed by atoms with E-state index in [2.05, 4.69) is 12.2 Å². The molecule has 0 aliphatic carbocycles. The summed E-state index contributed by atoms with van der Waals surface area (Å²) in [6.07, 6.45) is 2.39. The van der Waals surface area contributed by atoms with E-state index in [0.717, 1.165) is 24.0 Å². The smallest absolute Gasteiger partial charge is 0.261 e. The highest BCUT2D eigenvalue weighted by Crippen LogP contribution is 2.20. The van der Waals surface area contributed by atoms with Crippen LogP contribution in [0.25, 0.3) is 0 Å². The first-order chi connectivity index (χ1) is 14.5. The third-order valence-corrected chi connectivity index (χ3v) is 5.27. The van der Waals surface area contributed by atoms with Crippen LogP contribution in [0, 0.1) is 6.92 Å². The summed E-state index contributed by atoms with van der Waals surface area (Å²) in [5.74, 6) is 0.210. The second-order valence-corrected chi connectivity index (χ2v) is 7.69. The Balaban J connectivity index is 2.17. The summed E-state index contributed by atoms with van der Waals surface area (Å²) in [4.78, 5) is 27.5. The highest BCUT2D eigenvalue weighted by molar-refractivity contribution is 6.31. The molecule has 0 saturated carbocycles. The minimum atomic E-state index is -0.591. The monoisotopic (exact) mass is 430 g/mol. The zero-order valence-electron chi connectivity index (χ0n) is 18.0. The van der Waals surface area contributed by atoms with Crippen molar-refractivity contribution in [1.82, 2.24) is 10.2 Å². The van der Waals surface area contributed by atoms with Crippen molar-refractivity contribution in [2.75, 3.05) is 13.2 Å². The third-order valence-electron chi connectivity index (χ3n) is 4.90. The average Bonchev–Trinajstić information content (AvgIpc) is 2.74. The number of carbonyl (C=O) groups excluding carboxylic acids is 2. The van der Waals surface area contributed by atoms with E-state index in [1.54, 1.807) is 11.0 Å². The Hall–Kier alpha value is -2.53. The lowest BCUT2D eigenvalue weighted by Crippen LogP contribution is -2.50. The summed E-state index contributed by atoms with van der Waals surface area (Å²) in [5.41, 5.74) is 1.91. The number of hydrogen-bond acceptors (Lipinski definition) is 3. The molecule has 0 aliphatic rings. The van der Waals surface area contributed by atoms with Gasteiger partial charge in [0.25, 0.3) is 5.91 Å². The van der Waals surface area contributed by atoms with Crippen molar-refractivity contribution in [3.8, 4) is 5.75 Å². The fraction of sp³-hybridized carbons (Fsp3) is 0.417. The van der Waals surface area contributed by atoms with Crippen LogP contribution in [0.4, 0.5) is 0 Å². The quantitative estimate of drug-likeness (QED) is 0.523. The third kappa shape index (κ3) is 7.06. The predicted molar refractivity (Wildman–Crippen MR) is 121 cm³/mol. The van der Waals surface area contributed by atoms with Gasteiger partial charge >= 0.3 is 0 Å². The van der Waals surface area contributed by atoms with E-state index < -0.39 is 6.04 Å². The van der Waals surface area contributed by atoms with Gasteiger partial charge in [-0.05, 0) is 43.5 Å². The molecule has 30 heavy (non-hydrogen) atoms. The number of nitrogens with one attached hydrogen (secondary N) is 1. The topological polar surface area (TPSA) is 58.6 Å². The minimum Gasteiger partial charge on any atom is -0.484 e. The van der Waals surface area contributed by atoms with E-state index in [0.29, 0.717) is 23.7 Å². The number of unbranched alkanes of at least 4 members (excludes halogenated alkanes) is 1. The SMILES string of the molecule is CCCCNC(=O)C(CC)N(Cc1ccccc1Cl)C(=O)COc1ccc(C)cc1. The molecule has 1 N–H and O–H groups in total. The van der Waals surface area contributed by atoms with Gasteiger partial charge in [-0.15, -0.1) is 0 Å². The molecule has 2 rings (SSSR count). The molecule has 162 valence electrons. The molecule has 2 aromatic carbocycles. The second kappa shape index (κ2) is 12.2. The number of rotatable bonds is 11. The second-order valence-electron chi connectivity index (χ2n) is 7.28. The van der Waals surface area contributed by atoms with Gasteiger partial charge in [-0.25, -0.2) is 0 Å². The maximum Gasteiger partial charge on any atom is 0.261 e. The van der Waals surface area contributed by atoms with Crippen molar-refractivity contribution in [1.29, 1.82) is 0 Å². The van der Waals surface area contributed by atoms with Gasteiger partial charge in [0.2, 0.25) is 5.91 Å². The van der Waals surface area contributed by atoms with Crippen molar-refractivity contribution in [3.63, 3.8) is 0 Å². The van der Waals surface area contributed by atoms with E-state index >= 15 is 0 Å². The Morgan fingerprint density at radius 3 is 2.43 bits per heavy atom. The molecule has 5 nitrogen and oxygen atoms in total. The van der Waals surface area contributed by atoms with Gasteiger partial charge in [0, 0.05) is 18.1 Å². The molecule has 0 heterocycles. The van der Waals surface area contributed by atoms with Gasteiger partial charge in [0.15, 0.2) is 6.61 Å².